The molecular formula is C16H15Cl2N3O3. The van der Waals surface area contributed by atoms with E-state index >= 15 is 0 Å². The van der Waals surface area contributed by atoms with Crippen LogP contribution in [0.15, 0.2) is 41.5 Å². The summed E-state index contributed by atoms with van der Waals surface area (Å²) in [4.78, 5) is 10.8. The smallest absolute Gasteiger partial charge is 0.255 e. The Morgan fingerprint density at radius 3 is 2.67 bits per heavy atom. The molecule has 0 aromatic heterocycles. The van der Waals surface area contributed by atoms with Gasteiger partial charge in [-0.25, -0.2) is 0 Å². The van der Waals surface area contributed by atoms with Crippen LogP contribution in [0.25, 0.3) is 0 Å². The van der Waals surface area contributed by atoms with Crippen LogP contribution in [0.2, 0.25) is 10.0 Å². The highest BCUT2D eigenvalue weighted by Crippen LogP contribution is 2.28. The van der Waals surface area contributed by atoms with Gasteiger partial charge in [0.25, 0.3) is 5.91 Å². The highest BCUT2D eigenvalue weighted by molar-refractivity contribution is 6.42. The second-order valence-corrected chi connectivity index (χ2v) is 5.48. The molecule has 126 valence electrons. The molecular weight excluding hydrogens is 353 g/mol. The third kappa shape index (κ3) is 5.04. The number of benzene rings is 2. The molecule has 2 aromatic carbocycles. The second-order valence-electron chi connectivity index (χ2n) is 4.66. The number of ether oxygens (including phenoxy) is 2. The summed E-state index contributed by atoms with van der Waals surface area (Å²) in [5.41, 5.74) is 9.37. The lowest BCUT2D eigenvalue weighted by Crippen LogP contribution is -2.20. The lowest BCUT2D eigenvalue weighted by molar-refractivity contribution is -0.119. The van der Waals surface area contributed by atoms with Crippen molar-refractivity contribution in [1.29, 1.82) is 0 Å². The molecule has 0 bridgehead atoms. The number of halogens is 2. The van der Waals surface area contributed by atoms with Crippen molar-refractivity contribution in [2.75, 3.05) is 19.1 Å². The van der Waals surface area contributed by atoms with Crippen molar-refractivity contribution >= 4 is 41.0 Å². The van der Waals surface area contributed by atoms with Crippen molar-refractivity contribution < 1.29 is 14.3 Å². The molecule has 2 rings (SSSR count). The number of nitrogens with zero attached hydrogens (tertiary/aromatic N) is 1. The van der Waals surface area contributed by atoms with Crippen molar-refractivity contribution in [2.24, 2.45) is 10.8 Å². The van der Waals surface area contributed by atoms with Crippen LogP contribution >= 0.6 is 23.2 Å². The maximum absolute atomic E-state index is 10.8. The molecule has 0 aliphatic carbocycles. The quantitative estimate of drug-likeness (QED) is 0.580. The van der Waals surface area contributed by atoms with E-state index in [2.05, 4.69) is 10.5 Å². The Labute approximate surface area is 149 Å². The first-order chi connectivity index (χ1) is 11.5. The second kappa shape index (κ2) is 8.42. The van der Waals surface area contributed by atoms with E-state index in [1.807, 2.05) is 0 Å². The SMILES string of the molecule is COc1cc(/C=N\Nc2ccc(Cl)c(Cl)c2)ccc1OCC(N)=O. The zero-order valence-corrected chi connectivity index (χ0v) is 14.3. The molecule has 0 heterocycles. The van der Waals surface area contributed by atoms with Gasteiger partial charge in [-0.2, -0.15) is 5.10 Å². The normalized spacial score (nSPS) is 10.6. The number of amides is 1. The molecule has 3 N–H and O–H groups in total. The summed E-state index contributed by atoms with van der Waals surface area (Å²) >= 11 is 11.8. The fourth-order valence-electron chi connectivity index (χ4n) is 1.78. The van der Waals surface area contributed by atoms with Crippen molar-refractivity contribution in [2.45, 2.75) is 0 Å². The highest BCUT2D eigenvalue weighted by atomic mass is 35.5. The maximum atomic E-state index is 10.8. The van der Waals surface area contributed by atoms with E-state index in [0.29, 0.717) is 27.2 Å². The first kappa shape index (κ1) is 17.9. The summed E-state index contributed by atoms with van der Waals surface area (Å²) in [5.74, 6) is 0.328. The van der Waals surface area contributed by atoms with Crippen LogP contribution in [0, 0.1) is 0 Å². The molecule has 24 heavy (non-hydrogen) atoms. The summed E-state index contributed by atoms with van der Waals surface area (Å²) in [6, 6.07) is 10.3. The Kier molecular flexibility index (Phi) is 6.28. The van der Waals surface area contributed by atoms with E-state index in [1.165, 1.54) is 7.11 Å². The van der Waals surface area contributed by atoms with Crippen molar-refractivity contribution in [3.8, 4) is 11.5 Å². The number of nitrogens with two attached hydrogens (primary N) is 1. The van der Waals surface area contributed by atoms with Gasteiger partial charge in [-0.05, 0) is 42.0 Å². The van der Waals surface area contributed by atoms with Gasteiger partial charge in [0.05, 0.1) is 29.1 Å². The van der Waals surface area contributed by atoms with E-state index in [1.54, 1.807) is 42.6 Å². The maximum Gasteiger partial charge on any atom is 0.255 e. The van der Waals surface area contributed by atoms with Gasteiger partial charge in [0, 0.05) is 0 Å². The van der Waals surface area contributed by atoms with Crippen LogP contribution in [0.4, 0.5) is 5.69 Å². The number of rotatable bonds is 7. The van der Waals surface area contributed by atoms with Gasteiger partial charge in [-0.1, -0.05) is 23.2 Å². The Morgan fingerprint density at radius 2 is 2.00 bits per heavy atom. The Bertz CT molecular complexity index is 766. The van der Waals surface area contributed by atoms with E-state index in [4.69, 9.17) is 38.4 Å². The fourth-order valence-corrected chi connectivity index (χ4v) is 2.08. The number of hydrogen-bond donors (Lipinski definition) is 2. The highest BCUT2D eigenvalue weighted by Gasteiger charge is 2.06. The lowest BCUT2D eigenvalue weighted by atomic mass is 10.2. The Hall–Kier alpha value is -2.44. The molecule has 0 saturated carbocycles. The van der Waals surface area contributed by atoms with Gasteiger partial charge in [0.15, 0.2) is 18.1 Å². The van der Waals surface area contributed by atoms with Crippen molar-refractivity contribution in [3.63, 3.8) is 0 Å². The first-order valence-electron chi connectivity index (χ1n) is 6.83. The van der Waals surface area contributed by atoms with Crippen molar-refractivity contribution in [1.82, 2.24) is 0 Å². The Balaban J connectivity index is 2.06. The zero-order valence-electron chi connectivity index (χ0n) is 12.8. The van der Waals surface area contributed by atoms with Gasteiger partial charge < -0.3 is 15.2 Å². The zero-order chi connectivity index (χ0) is 17.5. The molecule has 0 spiro atoms. The molecule has 0 radical (unpaired) electrons. The predicted octanol–water partition coefficient (Wildman–Crippen LogP) is 3.31. The number of nitrogens with one attached hydrogen (secondary N) is 1. The molecule has 0 fully saturated rings. The third-order valence-electron chi connectivity index (χ3n) is 2.88. The number of anilines is 1. The molecule has 8 heteroatoms. The molecule has 0 unspecified atom stereocenters. The largest absolute Gasteiger partial charge is 0.493 e. The standard InChI is InChI=1S/C16H15Cl2N3O3/c1-23-15-6-10(2-5-14(15)24-9-16(19)22)8-20-21-11-3-4-12(17)13(18)7-11/h2-8,21H,9H2,1H3,(H2,19,22)/b20-8-. The predicted molar refractivity (Wildman–Crippen MR) is 95.4 cm³/mol. The van der Waals surface area contributed by atoms with Crippen LogP contribution < -0.4 is 20.6 Å². The van der Waals surface area contributed by atoms with Gasteiger partial charge in [-0.3, -0.25) is 10.2 Å². The monoisotopic (exact) mass is 367 g/mol. The lowest BCUT2D eigenvalue weighted by Gasteiger charge is -2.09. The third-order valence-corrected chi connectivity index (χ3v) is 3.62. The Morgan fingerprint density at radius 1 is 1.21 bits per heavy atom. The number of carbonyl (C=O) groups is 1. The van der Waals surface area contributed by atoms with Crippen LogP contribution in [0.1, 0.15) is 5.56 Å². The summed E-state index contributed by atoms with van der Waals surface area (Å²) in [6.45, 7) is -0.220. The van der Waals surface area contributed by atoms with Crippen LogP contribution in [-0.4, -0.2) is 25.8 Å². The van der Waals surface area contributed by atoms with Crippen molar-refractivity contribution in [3.05, 3.63) is 52.0 Å². The summed E-state index contributed by atoms with van der Waals surface area (Å²) in [6.07, 6.45) is 1.60. The first-order valence-corrected chi connectivity index (χ1v) is 7.58. The minimum absolute atomic E-state index is 0.220. The summed E-state index contributed by atoms with van der Waals surface area (Å²) in [7, 11) is 1.50. The number of hydrazone groups is 1. The molecule has 0 atom stereocenters. The summed E-state index contributed by atoms with van der Waals surface area (Å²) < 4.78 is 10.5. The van der Waals surface area contributed by atoms with Crippen LogP contribution in [-0.2, 0) is 4.79 Å². The molecule has 2 aromatic rings. The minimum Gasteiger partial charge on any atom is -0.493 e. The number of primary amides is 1. The van der Waals surface area contributed by atoms with E-state index in [0.717, 1.165) is 5.56 Å². The van der Waals surface area contributed by atoms with E-state index in [9.17, 15) is 4.79 Å². The van der Waals surface area contributed by atoms with Gasteiger partial charge >= 0.3 is 0 Å². The van der Waals surface area contributed by atoms with Gasteiger partial charge in [0.1, 0.15) is 0 Å². The van der Waals surface area contributed by atoms with Gasteiger partial charge in [0.2, 0.25) is 0 Å². The van der Waals surface area contributed by atoms with Gasteiger partial charge in [-0.15, -0.1) is 0 Å². The topological polar surface area (TPSA) is 85.9 Å². The average molecular weight is 368 g/mol. The summed E-state index contributed by atoms with van der Waals surface area (Å²) in [5, 5.41) is 5.03. The number of methoxy groups -OCH3 is 1. The average Bonchev–Trinajstić information content (AvgIpc) is 2.56. The molecule has 0 aliphatic heterocycles. The van der Waals surface area contributed by atoms with E-state index < -0.39 is 5.91 Å². The fraction of sp³-hybridized carbons (Fsp3) is 0.125. The minimum atomic E-state index is -0.562. The number of hydrogen-bond acceptors (Lipinski definition) is 5. The molecule has 0 aliphatic rings. The van der Waals surface area contributed by atoms with Crippen LogP contribution in [0.3, 0.4) is 0 Å². The van der Waals surface area contributed by atoms with Crippen LogP contribution in [0.5, 0.6) is 11.5 Å². The molecule has 1 amide bonds. The van der Waals surface area contributed by atoms with E-state index in [-0.39, 0.29) is 6.61 Å². The molecule has 0 saturated heterocycles. The molecule has 6 nitrogen and oxygen atoms in total. The number of carbonyl (C=O) groups excluding carboxylic acids is 1.